The molecule has 0 saturated carbocycles. The Bertz CT molecular complexity index is 1510. The van der Waals surface area contributed by atoms with E-state index < -0.39 is 5.41 Å². The number of carbonyl (C=O) groups excluding carboxylic acids is 2. The van der Waals surface area contributed by atoms with Crippen LogP contribution in [0.25, 0.3) is 10.9 Å². The van der Waals surface area contributed by atoms with E-state index in [2.05, 4.69) is 4.98 Å². The molecule has 39 heavy (non-hydrogen) atoms. The highest BCUT2D eigenvalue weighted by molar-refractivity contribution is 6.06. The zero-order valence-electron chi connectivity index (χ0n) is 23.5. The molecule has 206 valence electrons. The van der Waals surface area contributed by atoms with Crippen molar-refractivity contribution < 1.29 is 14.3 Å². The lowest BCUT2D eigenvalue weighted by molar-refractivity contribution is -0.132. The highest BCUT2D eigenvalue weighted by Gasteiger charge is 2.43. The van der Waals surface area contributed by atoms with Gasteiger partial charge in [-0.3, -0.25) is 23.9 Å². The molecule has 2 aliphatic rings. The number of amides is 2. The van der Waals surface area contributed by atoms with Crippen molar-refractivity contribution in [2.45, 2.75) is 52.2 Å². The lowest BCUT2D eigenvalue weighted by Gasteiger charge is -2.36. The van der Waals surface area contributed by atoms with Crippen LogP contribution in [0.1, 0.15) is 37.9 Å². The summed E-state index contributed by atoms with van der Waals surface area (Å²) in [5, 5.41) is 0.544. The maximum absolute atomic E-state index is 13.4. The van der Waals surface area contributed by atoms with E-state index in [-0.39, 0.29) is 30.0 Å². The molecule has 1 fully saturated rings. The van der Waals surface area contributed by atoms with Gasteiger partial charge in [-0.05, 0) is 63.9 Å². The number of methoxy groups -OCH3 is 1. The van der Waals surface area contributed by atoms with Gasteiger partial charge in [0, 0.05) is 52.2 Å². The highest BCUT2D eigenvalue weighted by atomic mass is 16.5. The predicted molar refractivity (Wildman–Crippen MR) is 150 cm³/mol. The van der Waals surface area contributed by atoms with Crippen LogP contribution < -0.4 is 15.4 Å². The van der Waals surface area contributed by atoms with E-state index in [1.54, 1.807) is 35.9 Å². The first-order chi connectivity index (χ1) is 18.5. The number of aryl methyl sites for hydroxylation is 2. The smallest absolute Gasteiger partial charge is 0.261 e. The predicted octanol–water partition coefficient (Wildman–Crippen LogP) is 2.28. The average Bonchev–Trinajstić information content (AvgIpc) is 3.08. The van der Waals surface area contributed by atoms with Gasteiger partial charge in [-0.1, -0.05) is 0 Å². The number of fused-ring (bicyclic) bond motifs is 2. The van der Waals surface area contributed by atoms with Gasteiger partial charge in [-0.2, -0.15) is 0 Å². The molecule has 1 aromatic carbocycles. The first-order valence-corrected chi connectivity index (χ1v) is 13.4. The summed E-state index contributed by atoms with van der Waals surface area (Å²) >= 11 is 0. The topological polar surface area (TPSA) is 101 Å². The van der Waals surface area contributed by atoms with Crippen molar-refractivity contribution in [3.05, 3.63) is 57.9 Å². The van der Waals surface area contributed by atoms with E-state index in [1.165, 1.54) is 0 Å². The summed E-state index contributed by atoms with van der Waals surface area (Å²) in [5.41, 5.74) is 3.32. The second kappa shape index (κ2) is 10.1. The van der Waals surface area contributed by atoms with Crippen LogP contribution in [0.5, 0.6) is 0 Å². The third-order valence-corrected chi connectivity index (χ3v) is 8.03. The number of rotatable bonds is 7. The number of piperazine rings is 1. The molecule has 2 aliphatic heterocycles. The van der Waals surface area contributed by atoms with Crippen LogP contribution in [0.2, 0.25) is 0 Å². The van der Waals surface area contributed by atoms with Crippen LogP contribution in [0.15, 0.2) is 35.3 Å². The van der Waals surface area contributed by atoms with Crippen molar-refractivity contribution in [2.24, 2.45) is 0 Å². The number of hydrogen-bond donors (Lipinski definition) is 0. The van der Waals surface area contributed by atoms with Gasteiger partial charge in [0.1, 0.15) is 5.82 Å². The van der Waals surface area contributed by atoms with Crippen molar-refractivity contribution in [3.8, 4) is 0 Å². The van der Waals surface area contributed by atoms with Crippen molar-refractivity contribution in [3.63, 3.8) is 0 Å². The zero-order chi connectivity index (χ0) is 28.1. The van der Waals surface area contributed by atoms with E-state index in [9.17, 15) is 14.4 Å². The number of anilines is 2. The molecule has 4 heterocycles. The Morgan fingerprint density at radius 1 is 1.13 bits per heavy atom. The molecule has 10 heteroatoms. The van der Waals surface area contributed by atoms with Crippen molar-refractivity contribution in [2.75, 3.05) is 50.1 Å². The van der Waals surface area contributed by atoms with Gasteiger partial charge in [-0.25, -0.2) is 4.98 Å². The number of carbonyl (C=O) groups is 2. The lowest BCUT2D eigenvalue weighted by atomic mass is 9.90. The van der Waals surface area contributed by atoms with E-state index in [0.717, 1.165) is 22.6 Å². The Hall–Kier alpha value is -3.79. The molecule has 3 aromatic rings. The van der Waals surface area contributed by atoms with Crippen LogP contribution in [-0.4, -0.2) is 77.7 Å². The van der Waals surface area contributed by atoms with Crippen LogP contribution >= 0.6 is 0 Å². The summed E-state index contributed by atoms with van der Waals surface area (Å²) in [7, 11) is 3.42. The molecule has 2 amide bonds. The van der Waals surface area contributed by atoms with Gasteiger partial charge >= 0.3 is 0 Å². The molecule has 1 atom stereocenters. The first kappa shape index (κ1) is 26.8. The maximum atomic E-state index is 13.4. The quantitative estimate of drug-likeness (QED) is 0.460. The molecule has 0 unspecified atom stereocenters. The largest absolute Gasteiger partial charge is 0.380 e. The molecule has 0 aliphatic carbocycles. The standard InChI is InChI=1S/C29H36N6O4/c1-18(39-6)16-34-12-11-33(17-25(34)36)21-7-8-22-23(14-21)31-19(2)35(27(22)37)10-9-20-13-24-26(30-15-20)29(3,4)28(38)32(24)5/h7-8,13-15,18H,9-12,16-17H2,1-6H3/t18-/m0/s1. The summed E-state index contributed by atoms with van der Waals surface area (Å²) in [5.74, 6) is 0.714. The minimum Gasteiger partial charge on any atom is -0.380 e. The van der Waals surface area contributed by atoms with Crippen molar-refractivity contribution >= 4 is 34.1 Å². The number of likely N-dealkylation sites (N-methyl/N-ethyl adjacent to an activating group) is 1. The molecule has 5 rings (SSSR count). The second-order valence-electron chi connectivity index (χ2n) is 11.1. The fourth-order valence-electron chi connectivity index (χ4n) is 5.53. The van der Waals surface area contributed by atoms with Gasteiger partial charge in [0.2, 0.25) is 11.8 Å². The Morgan fingerprint density at radius 3 is 2.62 bits per heavy atom. The van der Waals surface area contributed by atoms with Gasteiger partial charge in [0.25, 0.3) is 5.56 Å². The molecule has 2 aromatic heterocycles. The number of hydrogen-bond acceptors (Lipinski definition) is 7. The first-order valence-electron chi connectivity index (χ1n) is 13.4. The fraction of sp³-hybridized carbons (Fsp3) is 0.483. The minimum atomic E-state index is -0.638. The molecule has 10 nitrogen and oxygen atoms in total. The summed E-state index contributed by atoms with van der Waals surface area (Å²) in [6.07, 6.45) is 2.38. The molecule has 1 saturated heterocycles. The Morgan fingerprint density at radius 2 is 1.90 bits per heavy atom. The summed E-state index contributed by atoms with van der Waals surface area (Å²) in [6.45, 7) is 10.2. The number of ether oxygens (including phenoxy) is 1. The molecular weight excluding hydrogens is 496 g/mol. The van der Waals surface area contributed by atoms with E-state index in [1.807, 2.05) is 55.7 Å². The SMILES string of the molecule is CO[C@@H](C)CN1CCN(c2ccc3c(=O)n(CCc4cnc5c(c4)N(C)C(=O)C5(C)C)c(C)nc3c2)CC1=O. The third-order valence-electron chi connectivity index (χ3n) is 8.03. The van der Waals surface area contributed by atoms with Crippen molar-refractivity contribution in [1.82, 2.24) is 19.4 Å². The monoisotopic (exact) mass is 532 g/mol. The minimum absolute atomic E-state index is 0.00726. The average molecular weight is 533 g/mol. The highest BCUT2D eigenvalue weighted by Crippen LogP contribution is 2.39. The molecule has 0 radical (unpaired) electrons. The van der Waals surface area contributed by atoms with Gasteiger partial charge in [0.15, 0.2) is 0 Å². The lowest BCUT2D eigenvalue weighted by Crippen LogP contribution is -2.52. The van der Waals surface area contributed by atoms with Gasteiger partial charge in [0.05, 0.1) is 40.3 Å². The Kier molecular flexibility index (Phi) is 6.92. The van der Waals surface area contributed by atoms with Crippen LogP contribution in [0, 0.1) is 6.92 Å². The number of nitrogens with zero attached hydrogens (tertiary/aromatic N) is 6. The van der Waals surface area contributed by atoms with Crippen LogP contribution in [0.3, 0.4) is 0 Å². The van der Waals surface area contributed by atoms with E-state index >= 15 is 0 Å². The Labute approximate surface area is 228 Å². The third kappa shape index (κ3) is 4.78. The summed E-state index contributed by atoms with van der Waals surface area (Å²) in [4.78, 5) is 53.6. The van der Waals surface area contributed by atoms with E-state index in [4.69, 9.17) is 9.72 Å². The molecule has 0 spiro atoms. The molecule has 0 N–H and O–H groups in total. The number of pyridine rings is 1. The van der Waals surface area contributed by atoms with Crippen LogP contribution in [-0.2, 0) is 32.7 Å². The summed E-state index contributed by atoms with van der Waals surface area (Å²) < 4.78 is 6.99. The zero-order valence-corrected chi connectivity index (χ0v) is 23.5. The fourth-order valence-corrected chi connectivity index (χ4v) is 5.53. The maximum Gasteiger partial charge on any atom is 0.261 e. The van der Waals surface area contributed by atoms with Gasteiger partial charge in [-0.15, -0.1) is 0 Å². The molecule has 0 bridgehead atoms. The second-order valence-corrected chi connectivity index (χ2v) is 11.1. The van der Waals surface area contributed by atoms with Gasteiger partial charge < -0.3 is 19.4 Å². The van der Waals surface area contributed by atoms with Crippen LogP contribution in [0.4, 0.5) is 11.4 Å². The normalized spacial score (nSPS) is 17.7. The Balaban J connectivity index is 1.33. The molecular formula is C29H36N6O4. The van der Waals surface area contributed by atoms with Crippen molar-refractivity contribution in [1.29, 1.82) is 0 Å². The van der Waals surface area contributed by atoms with E-state index in [0.29, 0.717) is 49.3 Å². The summed E-state index contributed by atoms with van der Waals surface area (Å²) in [6, 6.07) is 7.59. The number of aromatic nitrogens is 3. The number of benzene rings is 1.